The van der Waals surface area contributed by atoms with Crippen molar-refractivity contribution in [1.82, 2.24) is 0 Å². The van der Waals surface area contributed by atoms with Gasteiger partial charge in [0.1, 0.15) is 0 Å². The van der Waals surface area contributed by atoms with Crippen LogP contribution in [0.1, 0.15) is 30.6 Å². The number of rotatable bonds is 5. The number of unbranched alkanes of at least 4 members (excludes halogenated alkanes) is 1. The van der Waals surface area contributed by atoms with Gasteiger partial charge in [-0.15, -0.1) is 0 Å². The minimum atomic E-state index is -0.918. The molecule has 0 radical (unpaired) electrons. The van der Waals surface area contributed by atoms with E-state index in [1.165, 1.54) is 0 Å². The molecule has 1 aromatic carbocycles. The molecule has 0 spiro atoms. The second-order valence-corrected chi connectivity index (χ2v) is 5.85. The van der Waals surface area contributed by atoms with Crippen LogP contribution < -0.4 is 0 Å². The number of halogens is 1. The molecule has 0 aliphatic carbocycles. The summed E-state index contributed by atoms with van der Waals surface area (Å²) in [6, 6.07) is 9.46. The molecule has 0 heterocycles. The zero-order valence-electron chi connectivity index (χ0n) is 9.15. The maximum absolute atomic E-state index is 11.9. The summed E-state index contributed by atoms with van der Waals surface area (Å²) in [5.41, 5.74) is 1.03. The Hall–Kier alpha value is -0.850. The Balaban J connectivity index is 2.57. The van der Waals surface area contributed by atoms with Gasteiger partial charge in [-0.25, -0.2) is 0 Å². The van der Waals surface area contributed by atoms with Crippen LogP contribution in [0, 0.1) is 11.3 Å². The highest BCUT2D eigenvalue weighted by Crippen LogP contribution is 2.21. The first-order valence-electron chi connectivity index (χ1n) is 5.14. The van der Waals surface area contributed by atoms with Gasteiger partial charge in [0, 0.05) is 28.0 Å². The third-order valence-electron chi connectivity index (χ3n) is 2.37. The highest BCUT2D eigenvalue weighted by atomic mass is 35.5. The number of nitrogens with zero attached hydrogens (tertiary/aromatic N) is 1. The van der Waals surface area contributed by atoms with E-state index in [1.54, 1.807) is 12.1 Å². The molecule has 86 valence electrons. The van der Waals surface area contributed by atoms with Crippen LogP contribution >= 0.6 is 11.6 Å². The molecule has 0 bridgehead atoms. The lowest BCUT2D eigenvalue weighted by Gasteiger charge is -2.11. The van der Waals surface area contributed by atoms with Gasteiger partial charge in [-0.1, -0.05) is 23.7 Å². The second-order valence-electron chi connectivity index (χ2n) is 3.54. The van der Waals surface area contributed by atoms with Gasteiger partial charge in [0.15, 0.2) is 0 Å². The van der Waals surface area contributed by atoms with Crippen molar-refractivity contribution < 1.29 is 4.21 Å². The van der Waals surface area contributed by atoms with E-state index in [0.717, 1.165) is 5.56 Å². The summed E-state index contributed by atoms with van der Waals surface area (Å²) < 4.78 is 11.9. The number of nitriles is 1. The molecule has 0 saturated carbocycles. The molecule has 0 amide bonds. The van der Waals surface area contributed by atoms with Crippen molar-refractivity contribution in [1.29, 1.82) is 5.26 Å². The van der Waals surface area contributed by atoms with Gasteiger partial charge in [-0.2, -0.15) is 5.26 Å². The lowest BCUT2D eigenvalue weighted by atomic mass is 10.2. The van der Waals surface area contributed by atoms with Gasteiger partial charge in [0.05, 0.1) is 11.3 Å². The molecule has 4 heteroatoms. The van der Waals surface area contributed by atoms with E-state index >= 15 is 0 Å². The smallest absolute Gasteiger partial charge is 0.0622 e. The minimum absolute atomic E-state index is 0.00374. The number of hydrogen-bond donors (Lipinski definition) is 0. The van der Waals surface area contributed by atoms with Crippen LogP contribution in [0.5, 0.6) is 0 Å². The molecular weight excluding hydrogens is 242 g/mol. The molecule has 0 fully saturated rings. The lowest BCUT2D eigenvalue weighted by Crippen LogP contribution is -2.06. The molecule has 0 saturated heterocycles. The lowest BCUT2D eigenvalue weighted by molar-refractivity contribution is 0.673. The molecule has 2 nitrogen and oxygen atoms in total. The van der Waals surface area contributed by atoms with Crippen molar-refractivity contribution in [2.45, 2.75) is 25.0 Å². The molecule has 1 rings (SSSR count). The maximum atomic E-state index is 11.9. The van der Waals surface area contributed by atoms with Gasteiger partial charge in [-0.3, -0.25) is 4.21 Å². The molecular formula is C12H14ClNOS. The van der Waals surface area contributed by atoms with Crippen molar-refractivity contribution in [2.24, 2.45) is 0 Å². The summed E-state index contributed by atoms with van der Waals surface area (Å²) in [6.45, 7) is 1.94. The van der Waals surface area contributed by atoms with Crippen molar-refractivity contribution in [3.8, 4) is 6.07 Å². The Labute approximate surface area is 104 Å². The summed E-state index contributed by atoms with van der Waals surface area (Å²) in [4.78, 5) is 0. The summed E-state index contributed by atoms with van der Waals surface area (Å²) in [7, 11) is -0.918. The van der Waals surface area contributed by atoms with Gasteiger partial charge < -0.3 is 0 Å². The largest absolute Gasteiger partial charge is 0.259 e. The first-order valence-corrected chi connectivity index (χ1v) is 6.90. The van der Waals surface area contributed by atoms with Crippen LogP contribution in [-0.2, 0) is 10.8 Å². The first kappa shape index (κ1) is 13.2. The van der Waals surface area contributed by atoms with E-state index in [4.69, 9.17) is 16.9 Å². The molecule has 0 aromatic heterocycles. The Bertz CT molecular complexity index is 396. The highest BCUT2D eigenvalue weighted by molar-refractivity contribution is 7.85. The Morgan fingerprint density at radius 2 is 2.06 bits per heavy atom. The molecule has 2 atom stereocenters. The Morgan fingerprint density at radius 3 is 2.62 bits per heavy atom. The highest BCUT2D eigenvalue weighted by Gasteiger charge is 2.12. The van der Waals surface area contributed by atoms with E-state index in [9.17, 15) is 4.21 Å². The minimum Gasteiger partial charge on any atom is -0.259 e. The topological polar surface area (TPSA) is 40.9 Å². The third kappa shape index (κ3) is 3.96. The average molecular weight is 256 g/mol. The van der Waals surface area contributed by atoms with Crippen molar-refractivity contribution in [3.05, 3.63) is 34.9 Å². The summed E-state index contributed by atoms with van der Waals surface area (Å²) >= 11 is 5.79. The Kier molecular flexibility index (Phi) is 5.51. The quantitative estimate of drug-likeness (QED) is 0.756. The zero-order chi connectivity index (χ0) is 12.0. The van der Waals surface area contributed by atoms with Crippen LogP contribution in [0.15, 0.2) is 24.3 Å². The van der Waals surface area contributed by atoms with Crippen molar-refractivity contribution in [3.63, 3.8) is 0 Å². The molecule has 0 aliphatic heterocycles. The fourth-order valence-corrected chi connectivity index (χ4v) is 2.72. The predicted molar refractivity (Wildman–Crippen MR) is 67.7 cm³/mol. The van der Waals surface area contributed by atoms with Crippen LogP contribution in [0.2, 0.25) is 5.02 Å². The van der Waals surface area contributed by atoms with Gasteiger partial charge in [-0.05, 0) is 31.0 Å². The number of benzene rings is 1. The standard InChI is InChI=1S/C12H14ClNOS/c1-10(16(15)9-3-2-8-14)11-4-6-12(13)7-5-11/h4-7,10H,2-3,9H2,1H3/t10-,16-/m1/s1. The number of hydrogen-bond acceptors (Lipinski definition) is 2. The van der Waals surface area contributed by atoms with Gasteiger partial charge in [0.2, 0.25) is 0 Å². The van der Waals surface area contributed by atoms with Crippen molar-refractivity contribution >= 4 is 22.4 Å². The summed E-state index contributed by atoms with van der Waals surface area (Å²) in [5.74, 6) is 0.581. The van der Waals surface area contributed by atoms with Crippen LogP contribution in [-0.4, -0.2) is 9.96 Å². The second kappa shape index (κ2) is 6.67. The average Bonchev–Trinajstić information content (AvgIpc) is 2.29. The zero-order valence-corrected chi connectivity index (χ0v) is 10.7. The SMILES string of the molecule is C[C@H](c1ccc(Cl)cc1)[S@](=O)CCCC#N. The predicted octanol–water partition coefficient (Wildman–Crippen LogP) is 3.45. The molecule has 1 aromatic rings. The maximum Gasteiger partial charge on any atom is 0.0622 e. The molecule has 0 N–H and O–H groups in total. The monoisotopic (exact) mass is 255 g/mol. The van der Waals surface area contributed by atoms with Crippen LogP contribution in [0.4, 0.5) is 0 Å². The van der Waals surface area contributed by atoms with E-state index in [2.05, 4.69) is 6.07 Å². The molecule has 0 unspecified atom stereocenters. The summed E-state index contributed by atoms with van der Waals surface area (Å²) in [6.07, 6.45) is 1.17. The fourth-order valence-electron chi connectivity index (χ4n) is 1.36. The first-order chi connectivity index (χ1) is 7.65. The normalized spacial score (nSPS) is 14.1. The Morgan fingerprint density at radius 1 is 1.44 bits per heavy atom. The molecule has 0 aliphatic rings. The van der Waals surface area contributed by atoms with Crippen LogP contribution in [0.25, 0.3) is 0 Å². The van der Waals surface area contributed by atoms with E-state index < -0.39 is 10.8 Å². The van der Waals surface area contributed by atoms with Crippen molar-refractivity contribution in [2.75, 3.05) is 5.75 Å². The van der Waals surface area contributed by atoms with E-state index in [0.29, 0.717) is 23.6 Å². The van der Waals surface area contributed by atoms with E-state index in [1.807, 2.05) is 19.1 Å². The summed E-state index contributed by atoms with van der Waals surface area (Å²) in [5, 5.41) is 9.08. The fraction of sp³-hybridized carbons (Fsp3) is 0.417. The third-order valence-corrected chi connectivity index (χ3v) is 4.37. The van der Waals surface area contributed by atoms with E-state index in [-0.39, 0.29) is 5.25 Å². The molecule has 16 heavy (non-hydrogen) atoms. The van der Waals surface area contributed by atoms with Gasteiger partial charge in [0.25, 0.3) is 0 Å². The van der Waals surface area contributed by atoms with Gasteiger partial charge >= 0.3 is 0 Å². The van der Waals surface area contributed by atoms with Crippen LogP contribution in [0.3, 0.4) is 0 Å².